The maximum atomic E-state index is 13.2. The van der Waals surface area contributed by atoms with Gasteiger partial charge in [0.05, 0.1) is 16.2 Å². The SMILES string of the molecule is C=CCn1c(SC(C)C(=O)NC23CC4CC(CC(C4)C2)C3)nc2cc(Cl)ccc2c1=O. The number of hydrogen-bond donors (Lipinski definition) is 1. The number of allylic oxidation sites excluding steroid dienone is 1. The first-order chi connectivity index (χ1) is 14.9. The molecule has 0 aliphatic heterocycles. The van der Waals surface area contributed by atoms with Crippen molar-refractivity contribution in [2.24, 2.45) is 17.8 Å². The fourth-order valence-corrected chi connectivity index (χ4v) is 7.48. The van der Waals surface area contributed by atoms with Gasteiger partial charge >= 0.3 is 0 Å². The molecule has 1 atom stereocenters. The Morgan fingerprint density at radius 1 is 1.32 bits per heavy atom. The number of rotatable bonds is 6. The summed E-state index contributed by atoms with van der Waals surface area (Å²) < 4.78 is 1.59. The summed E-state index contributed by atoms with van der Waals surface area (Å²) >= 11 is 7.45. The van der Waals surface area contributed by atoms with E-state index < -0.39 is 0 Å². The molecule has 1 amide bonds. The highest BCUT2D eigenvalue weighted by atomic mass is 35.5. The van der Waals surface area contributed by atoms with Gasteiger partial charge < -0.3 is 5.32 Å². The van der Waals surface area contributed by atoms with Gasteiger partial charge in [-0.3, -0.25) is 14.2 Å². The number of carbonyl (C=O) groups excluding carboxylic acids is 1. The molecule has 31 heavy (non-hydrogen) atoms. The first-order valence-electron chi connectivity index (χ1n) is 11.2. The molecule has 1 aromatic heterocycles. The van der Waals surface area contributed by atoms with Crippen molar-refractivity contribution >= 4 is 40.2 Å². The zero-order valence-electron chi connectivity index (χ0n) is 17.8. The van der Waals surface area contributed by atoms with Crippen LogP contribution in [0.5, 0.6) is 0 Å². The zero-order valence-corrected chi connectivity index (χ0v) is 19.3. The van der Waals surface area contributed by atoms with Gasteiger partial charge in [0.25, 0.3) is 5.56 Å². The van der Waals surface area contributed by atoms with Crippen molar-refractivity contribution in [3.8, 4) is 0 Å². The quantitative estimate of drug-likeness (QED) is 0.384. The number of benzene rings is 1. The number of carbonyl (C=O) groups is 1. The topological polar surface area (TPSA) is 64.0 Å². The fraction of sp³-hybridized carbons (Fsp3) is 0.542. The Hall–Kier alpha value is -1.79. The first-order valence-corrected chi connectivity index (χ1v) is 12.4. The van der Waals surface area contributed by atoms with E-state index in [-0.39, 0.29) is 22.3 Å². The van der Waals surface area contributed by atoms with E-state index in [0.29, 0.717) is 27.6 Å². The number of halogens is 1. The average molecular weight is 458 g/mol. The molecule has 2 aromatic rings. The van der Waals surface area contributed by atoms with Gasteiger partial charge in [-0.2, -0.15) is 0 Å². The summed E-state index contributed by atoms with van der Waals surface area (Å²) in [6.07, 6.45) is 9.07. The fourth-order valence-electron chi connectivity index (χ4n) is 6.39. The normalized spacial score (nSPS) is 29.8. The molecule has 0 saturated heterocycles. The monoisotopic (exact) mass is 457 g/mol. The van der Waals surface area contributed by atoms with Gasteiger partial charge in [-0.25, -0.2) is 4.98 Å². The number of aromatic nitrogens is 2. The van der Waals surface area contributed by atoms with Crippen LogP contribution in [-0.4, -0.2) is 26.2 Å². The Balaban J connectivity index is 1.39. The predicted molar refractivity (Wildman–Crippen MR) is 126 cm³/mol. The van der Waals surface area contributed by atoms with Crippen LogP contribution in [0.2, 0.25) is 5.02 Å². The Kier molecular flexibility index (Phi) is 5.41. The summed E-state index contributed by atoms with van der Waals surface area (Å²) in [6, 6.07) is 5.09. The molecule has 0 spiro atoms. The number of thioether (sulfide) groups is 1. The third kappa shape index (κ3) is 3.93. The van der Waals surface area contributed by atoms with E-state index in [1.54, 1.807) is 28.8 Å². The Morgan fingerprint density at radius 3 is 2.58 bits per heavy atom. The standard InChI is InChI=1S/C24H28ClN3O2S/c1-3-6-28-22(30)19-5-4-18(25)10-20(19)26-23(28)31-14(2)21(29)27-24-11-15-7-16(12-24)9-17(8-15)13-24/h3-5,10,14-17H,1,6-9,11-13H2,2H3,(H,27,29). The molecule has 1 unspecified atom stereocenters. The van der Waals surface area contributed by atoms with E-state index in [2.05, 4.69) is 16.9 Å². The molecule has 0 radical (unpaired) electrons. The minimum Gasteiger partial charge on any atom is -0.350 e. The van der Waals surface area contributed by atoms with Gasteiger partial charge in [-0.05, 0) is 81.4 Å². The second kappa shape index (κ2) is 7.96. The van der Waals surface area contributed by atoms with E-state index in [1.807, 2.05) is 6.92 Å². The Bertz CT molecular complexity index is 1080. The molecule has 5 nitrogen and oxygen atoms in total. The number of nitrogens with one attached hydrogen (secondary N) is 1. The maximum Gasteiger partial charge on any atom is 0.262 e. The van der Waals surface area contributed by atoms with Gasteiger partial charge in [0.2, 0.25) is 5.91 Å². The third-order valence-electron chi connectivity index (χ3n) is 7.27. The molecule has 1 N–H and O–H groups in total. The van der Waals surface area contributed by atoms with Gasteiger partial charge in [-0.15, -0.1) is 6.58 Å². The predicted octanol–water partition coefficient (Wildman–Crippen LogP) is 4.80. The van der Waals surface area contributed by atoms with Crippen LogP contribution < -0.4 is 10.9 Å². The molecular weight excluding hydrogens is 430 g/mol. The number of fused-ring (bicyclic) bond motifs is 1. The highest BCUT2D eigenvalue weighted by Gasteiger charge is 2.51. The average Bonchev–Trinajstić information content (AvgIpc) is 2.69. The van der Waals surface area contributed by atoms with E-state index >= 15 is 0 Å². The van der Waals surface area contributed by atoms with Crippen LogP contribution in [0.15, 0.2) is 40.8 Å². The lowest BCUT2D eigenvalue weighted by molar-refractivity contribution is -0.126. The number of hydrogen-bond acceptors (Lipinski definition) is 4. The van der Waals surface area contributed by atoms with Crippen molar-refractivity contribution in [2.45, 2.75) is 67.9 Å². The van der Waals surface area contributed by atoms with Crippen molar-refractivity contribution < 1.29 is 4.79 Å². The number of nitrogens with zero attached hydrogens (tertiary/aromatic N) is 2. The van der Waals surface area contributed by atoms with E-state index in [0.717, 1.165) is 37.0 Å². The highest BCUT2D eigenvalue weighted by molar-refractivity contribution is 8.00. The summed E-state index contributed by atoms with van der Waals surface area (Å²) in [7, 11) is 0. The lowest BCUT2D eigenvalue weighted by Crippen LogP contribution is -2.60. The van der Waals surface area contributed by atoms with Gasteiger partial charge in [-0.1, -0.05) is 29.4 Å². The first kappa shape index (κ1) is 21.1. The van der Waals surface area contributed by atoms with Crippen molar-refractivity contribution in [3.05, 3.63) is 46.2 Å². The smallest absolute Gasteiger partial charge is 0.262 e. The molecule has 164 valence electrons. The molecule has 4 fully saturated rings. The van der Waals surface area contributed by atoms with Gasteiger partial charge in [0, 0.05) is 17.1 Å². The summed E-state index contributed by atoms with van der Waals surface area (Å²) in [5, 5.41) is 4.65. The second-order valence-corrected chi connectivity index (χ2v) is 11.5. The highest BCUT2D eigenvalue weighted by Crippen LogP contribution is 2.55. The number of amides is 1. The summed E-state index contributed by atoms with van der Waals surface area (Å²) in [6.45, 7) is 6.01. The van der Waals surface area contributed by atoms with Crippen LogP contribution in [0.25, 0.3) is 10.9 Å². The molecule has 7 heteroatoms. The Labute approximate surface area is 191 Å². The maximum absolute atomic E-state index is 13.2. The molecule has 6 rings (SSSR count). The van der Waals surface area contributed by atoms with E-state index in [1.165, 1.54) is 31.0 Å². The summed E-state index contributed by atoms with van der Waals surface area (Å²) in [5.41, 5.74) is 0.387. The second-order valence-electron chi connectivity index (χ2n) is 9.71. The molecule has 4 saturated carbocycles. The minimum atomic E-state index is -0.354. The molecule has 4 bridgehead atoms. The molecule has 4 aliphatic rings. The van der Waals surface area contributed by atoms with Crippen LogP contribution in [0, 0.1) is 17.8 Å². The lowest BCUT2D eigenvalue weighted by atomic mass is 9.53. The van der Waals surface area contributed by atoms with Gasteiger partial charge in [0.15, 0.2) is 5.16 Å². The van der Waals surface area contributed by atoms with Crippen LogP contribution in [-0.2, 0) is 11.3 Å². The van der Waals surface area contributed by atoms with E-state index in [4.69, 9.17) is 11.6 Å². The van der Waals surface area contributed by atoms with Gasteiger partial charge in [0.1, 0.15) is 0 Å². The van der Waals surface area contributed by atoms with Crippen LogP contribution in [0.1, 0.15) is 45.4 Å². The minimum absolute atomic E-state index is 0.0220. The zero-order chi connectivity index (χ0) is 21.8. The van der Waals surface area contributed by atoms with Crippen molar-refractivity contribution in [3.63, 3.8) is 0 Å². The van der Waals surface area contributed by atoms with Crippen LogP contribution in [0.3, 0.4) is 0 Å². The largest absolute Gasteiger partial charge is 0.350 e. The summed E-state index contributed by atoms with van der Waals surface area (Å²) in [4.78, 5) is 30.9. The molecule has 1 heterocycles. The molecular formula is C24H28ClN3O2S. The van der Waals surface area contributed by atoms with Crippen molar-refractivity contribution in [1.82, 2.24) is 14.9 Å². The summed E-state index contributed by atoms with van der Waals surface area (Å²) in [5.74, 6) is 2.37. The van der Waals surface area contributed by atoms with E-state index in [9.17, 15) is 9.59 Å². The molecule has 4 aliphatic carbocycles. The Morgan fingerprint density at radius 2 is 1.97 bits per heavy atom. The molecule has 1 aromatic carbocycles. The van der Waals surface area contributed by atoms with Crippen molar-refractivity contribution in [2.75, 3.05) is 0 Å². The van der Waals surface area contributed by atoms with Crippen molar-refractivity contribution in [1.29, 1.82) is 0 Å². The lowest BCUT2D eigenvalue weighted by Gasteiger charge is -2.57. The van der Waals surface area contributed by atoms with Crippen LogP contribution in [0.4, 0.5) is 0 Å². The third-order valence-corrected chi connectivity index (χ3v) is 8.60. The van der Waals surface area contributed by atoms with Crippen LogP contribution >= 0.6 is 23.4 Å².